The number of pyridine rings is 1. The Balaban J connectivity index is 1.37. The van der Waals surface area contributed by atoms with Gasteiger partial charge in [0.1, 0.15) is 0 Å². The van der Waals surface area contributed by atoms with Crippen LogP contribution in [0.15, 0.2) is 42.7 Å². The third kappa shape index (κ3) is 3.39. The van der Waals surface area contributed by atoms with Crippen LogP contribution in [0.3, 0.4) is 0 Å². The molecule has 0 saturated carbocycles. The maximum absolute atomic E-state index is 12.3. The van der Waals surface area contributed by atoms with Crippen molar-refractivity contribution >= 4 is 23.4 Å². The molecule has 0 radical (unpaired) electrons. The minimum atomic E-state index is -0.572. The summed E-state index contributed by atoms with van der Waals surface area (Å²) in [6, 6.07) is 8.39. The molecular weight excluding hydrogens is 352 g/mol. The molecule has 9 nitrogen and oxygen atoms in total. The molecule has 2 aliphatic heterocycles. The standard InChI is InChI=1S/C18H16N4O5/c23-16-6-12(18(25)21-20-17(24)11-2-1-5-19-8-11)9-22(16)13-3-4-14-15(7-13)27-10-26-14/h1-5,7-8,12H,6,9-10H2,(H,20,24)(H,21,25). The van der Waals surface area contributed by atoms with Gasteiger partial charge in [0.25, 0.3) is 5.91 Å². The van der Waals surface area contributed by atoms with Gasteiger partial charge in [-0.05, 0) is 24.3 Å². The van der Waals surface area contributed by atoms with E-state index in [0.29, 0.717) is 22.7 Å². The molecule has 1 fully saturated rings. The molecule has 0 spiro atoms. The first-order chi connectivity index (χ1) is 13.1. The SMILES string of the molecule is O=C(NNC(=O)C1CC(=O)N(c2ccc3c(c2)OCO3)C1)c1cccnc1. The molecule has 4 rings (SSSR count). The zero-order chi connectivity index (χ0) is 18.8. The summed E-state index contributed by atoms with van der Waals surface area (Å²) in [6.07, 6.45) is 3.00. The number of nitrogens with zero attached hydrogens (tertiary/aromatic N) is 2. The first-order valence-corrected chi connectivity index (χ1v) is 8.32. The molecule has 3 heterocycles. The van der Waals surface area contributed by atoms with Crippen molar-refractivity contribution in [3.8, 4) is 11.5 Å². The molecule has 0 aliphatic carbocycles. The number of rotatable bonds is 3. The number of hydrazine groups is 1. The average molecular weight is 368 g/mol. The molecule has 0 bridgehead atoms. The fourth-order valence-corrected chi connectivity index (χ4v) is 2.98. The van der Waals surface area contributed by atoms with Crippen LogP contribution < -0.4 is 25.2 Å². The molecule has 3 amide bonds. The van der Waals surface area contributed by atoms with Crippen LogP contribution in [0.5, 0.6) is 11.5 Å². The summed E-state index contributed by atoms with van der Waals surface area (Å²) >= 11 is 0. The first-order valence-electron chi connectivity index (χ1n) is 8.32. The highest BCUT2D eigenvalue weighted by molar-refractivity contribution is 6.01. The number of amides is 3. The van der Waals surface area contributed by atoms with E-state index in [4.69, 9.17) is 9.47 Å². The Hall–Kier alpha value is -3.62. The van der Waals surface area contributed by atoms with Gasteiger partial charge in [-0.2, -0.15) is 0 Å². The van der Waals surface area contributed by atoms with E-state index in [-0.39, 0.29) is 25.7 Å². The molecule has 1 unspecified atom stereocenters. The summed E-state index contributed by atoms with van der Waals surface area (Å²) in [7, 11) is 0. The van der Waals surface area contributed by atoms with Crippen molar-refractivity contribution in [2.24, 2.45) is 5.92 Å². The largest absolute Gasteiger partial charge is 0.454 e. The van der Waals surface area contributed by atoms with Crippen molar-refractivity contribution in [2.75, 3.05) is 18.2 Å². The topological polar surface area (TPSA) is 110 Å². The lowest BCUT2D eigenvalue weighted by molar-refractivity contribution is -0.126. The van der Waals surface area contributed by atoms with Gasteiger partial charge in [-0.15, -0.1) is 0 Å². The first kappa shape index (κ1) is 16.8. The maximum Gasteiger partial charge on any atom is 0.271 e. The quantitative estimate of drug-likeness (QED) is 0.769. The maximum atomic E-state index is 12.3. The molecule has 2 N–H and O–H groups in total. The third-order valence-electron chi connectivity index (χ3n) is 4.39. The number of nitrogens with one attached hydrogen (secondary N) is 2. The Kier molecular flexibility index (Phi) is 4.33. The van der Waals surface area contributed by atoms with E-state index in [2.05, 4.69) is 15.8 Å². The van der Waals surface area contributed by atoms with E-state index < -0.39 is 17.7 Å². The third-order valence-corrected chi connectivity index (χ3v) is 4.39. The zero-order valence-electron chi connectivity index (χ0n) is 14.2. The van der Waals surface area contributed by atoms with Crippen molar-refractivity contribution in [3.63, 3.8) is 0 Å². The van der Waals surface area contributed by atoms with Crippen molar-refractivity contribution in [3.05, 3.63) is 48.3 Å². The van der Waals surface area contributed by atoms with E-state index in [1.165, 1.54) is 11.1 Å². The van der Waals surface area contributed by atoms with Gasteiger partial charge in [0.05, 0.1) is 11.5 Å². The molecule has 9 heteroatoms. The number of aromatic nitrogens is 1. The van der Waals surface area contributed by atoms with Gasteiger partial charge >= 0.3 is 0 Å². The number of anilines is 1. The van der Waals surface area contributed by atoms with Crippen LogP contribution in [0, 0.1) is 5.92 Å². The molecule has 1 aromatic carbocycles. The van der Waals surface area contributed by atoms with E-state index in [1.807, 2.05) is 0 Å². The minimum absolute atomic E-state index is 0.0586. The van der Waals surface area contributed by atoms with Crippen molar-refractivity contribution in [2.45, 2.75) is 6.42 Å². The smallest absolute Gasteiger partial charge is 0.271 e. The van der Waals surface area contributed by atoms with Crippen molar-refractivity contribution in [1.29, 1.82) is 0 Å². The van der Waals surface area contributed by atoms with E-state index in [1.54, 1.807) is 36.5 Å². The Bertz CT molecular complexity index is 902. The molecule has 1 atom stereocenters. The number of carbonyl (C=O) groups excluding carboxylic acids is 3. The number of hydrogen-bond acceptors (Lipinski definition) is 6. The number of hydrogen-bond donors (Lipinski definition) is 2. The minimum Gasteiger partial charge on any atom is -0.454 e. The normalized spacial score (nSPS) is 17.7. The second-order valence-corrected chi connectivity index (χ2v) is 6.13. The molecule has 1 saturated heterocycles. The second-order valence-electron chi connectivity index (χ2n) is 6.13. The Labute approximate surface area is 154 Å². The van der Waals surface area contributed by atoms with Crippen LogP contribution in [-0.2, 0) is 9.59 Å². The lowest BCUT2D eigenvalue weighted by atomic mass is 10.1. The molecule has 1 aromatic heterocycles. The Morgan fingerprint density at radius 1 is 1.15 bits per heavy atom. The predicted molar refractivity (Wildman–Crippen MR) is 92.9 cm³/mol. The van der Waals surface area contributed by atoms with Gasteiger partial charge in [-0.3, -0.25) is 30.2 Å². The summed E-state index contributed by atoms with van der Waals surface area (Å²) in [5.74, 6) is -0.461. The van der Waals surface area contributed by atoms with Crippen LogP contribution in [0.4, 0.5) is 5.69 Å². The summed E-state index contributed by atoms with van der Waals surface area (Å²) in [5, 5.41) is 0. The van der Waals surface area contributed by atoms with Gasteiger partial charge in [0.2, 0.25) is 18.6 Å². The zero-order valence-corrected chi connectivity index (χ0v) is 14.2. The number of carbonyl (C=O) groups is 3. The molecule has 2 aromatic rings. The second kappa shape index (κ2) is 6.94. The number of benzene rings is 1. The van der Waals surface area contributed by atoms with Crippen LogP contribution in [-0.4, -0.2) is 36.0 Å². The van der Waals surface area contributed by atoms with Gasteiger partial charge in [-0.1, -0.05) is 0 Å². The van der Waals surface area contributed by atoms with Gasteiger partial charge in [-0.25, -0.2) is 0 Å². The highest BCUT2D eigenvalue weighted by atomic mass is 16.7. The summed E-state index contributed by atoms with van der Waals surface area (Å²) in [4.78, 5) is 42.0. The summed E-state index contributed by atoms with van der Waals surface area (Å²) in [5.41, 5.74) is 5.66. The molecular formula is C18H16N4O5. The fourth-order valence-electron chi connectivity index (χ4n) is 2.98. The van der Waals surface area contributed by atoms with E-state index in [9.17, 15) is 14.4 Å². The van der Waals surface area contributed by atoms with Gasteiger partial charge < -0.3 is 14.4 Å². The van der Waals surface area contributed by atoms with Crippen LogP contribution >= 0.6 is 0 Å². The van der Waals surface area contributed by atoms with E-state index >= 15 is 0 Å². The fraction of sp³-hybridized carbons (Fsp3) is 0.222. The van der Waals surface area contributed by atoms with E-state index in [0.717, 1.165) is 0 Å². The molecule has 27 heavy (non-hydrogen) atoms. The van der Waals surface area contributed by atoms with Crippen molar-refractivity contribution < 1.29 is 23.9 Å². The molecule has 138 valence electrons. The molecule has 2 aliphatic rings. The highest BCUT2D eigenvalue weighted by Crippen LogP contribution is 2.37. The number of ether oxygens (including phenoxy) is 2. The monoisotopic (exact) mass is 368 g/mol. The summed E-state index contributed by atoms with van der Waals surface area (Å²) < 4.78 is 10.6. The Morgan fingerprint density at radius 2 is 2.00 bits per heavy atom. The predicted octanol–water partition coefficient (Wildman–Crippen LogP) is 0.624. The Morgan fingerprint density at radius 3 is 2.81 bits per heavy atom. The summed E-state index contributed by atoms with van der Waals surface area (Å²) in [6.45, 7) is 0.363. The van der Waals surface area contributed by atoms with Crippen LogP contribution in [0.25, 0.3) is 0 Å². The number of fused-ring (bicyclic) bond motifs is 1. The lowest BCUT2D eigenvalue weighted by Gasteiger charge is -2.17. The van der Waals surface area contributed by atoms with Crippen LogP contribution in [0.2, 0.25) is 0 Å². The van der Waals surface area contributed by atoms with Gasteiger partial charge in [0, 0.05) is 37.1 Å². The lowest BCUT2D eigenvalue weighted by Crippen LogP contribution is -2.45. The van der Waals surface area contributed by atoms with Crippen molar-refractivity contribution in [1.82, 2.24) is 15.8 Å². The van der Waals surface area contributed by atoms with Gasteiger partial charge in [0.15, 0.2) is 11.5 Å². The van der Waals surface area contributed by atoms with Crippen LogP contribution in [0.1, 0.15) is 16.8 Å². The average Bonchev–Trinajstić information content (AvgIpc) is 3.32. The highest BCUT2D eigenvalue weighted by Gasteiger charge is 2.35.